The van der Waals surface area contributed by atoms with Crippen LogP contribution in [-0.2, 0) is 4.74 Å². The van der Waals surface area contributed by atoms with Gasteiger partial charge in [-0.15, -0.1) is 0 Å². The number of methoxy groups -OCH3 is 1. The Morgan fingerprint density at radius 2 is 2.07 bits per heavy atom. The number of hydrogen-bond acceptors (Lipinski definition) is 3. The average Bonchev–Trinajstić information content (AvgIpc) is 2.26. The van der Waals surface area contributed by atoms with Gasteiger partial charge in [-0.05, 0) is 12.1 Å². The molecule has 0 spiro atoms. The number of pyridine rings is 1. The van der Waals surface area contributed by atoms with E-state index in [1.54, 1.807) is 18.9 Å². The van der Waals surface area contributed by atoms with Crippen molar-refractivity contribution < 1.29 is 4.74 Å². The molecule has 0 aliphatic carbocycles. The van der Waals surface area contributed by atoms with Crippen LogP contribution in [0.2, 0.25) is 0 Å². The van der Waals surface area contributed by atoms with Gasteiger partial charge in [0.25, 0.3) is 0 Å². The van der Waals surface area contributed by atoms with Crippen LogP contribution in [0.15, 0.2) is 41.4 Å². The summed E-state index contributed by atoms with van der Waals surface area (Å²) in [5.41, 5.74) is 1.04. The molecule has 2 aromatic rings. The van der Waals surface area contributed by atoms with E-state index in [-0.39, 0.29) is 0 Å². The van der Waals surface area contributed by atoms with E-state index in [1.807, 2.05) is 24.3 Å². The molecule has 2 rings (SSSR count). The van der Waals surface area contributed by atoms with Crippen molar-refractivity contribution in [3.63, 3.8) is 0 Å². The van der Waals surface area contributed by atoms with Crippen molar-refractivity contribution in [3.05, 3.63) is 36.4 Å². The highest BCUT2D eigenvalue weighted by atomic mass is 32.2. The molecule has 0 bridgehead atoms. The van der Waals surface area contributed by atoms with Crippen molar-refractivity contribution in [3.8, 4) is 0 Å². The second kappa shape index (κ2) is 4.44. The summed E-state index contributed by atoms with van der Waals surface area (Å²) in [6.45, 7) is 0. The zero-order valence-electron chi connectivity index (χ0n) is 7.93. The minimum absolute atomic E-state index is 0.644. The third kappa shape index (κ3) is 2.05. The first-order valence-electron chi connectivity index (χ1n) is 4.37. The van der Waals surface area contributed by atoms with Crippen molar-refractivity contribution >= 4 is 22.7 Å². The van der Waals surface area contributed by atoms with Crippen molar-refractivity contribution in [1.29, 1.82) is 0 Å². The molecule has 2 nitrogen and oxygen atoms in total. The molecule has 0 unspecified atom stereocenters. The Hall–Kier alpha value is -1.06. The SMILES string of the molecule is COCSc1ccc2ccccc2n1. The van der Waals surface area contributed by atoms with Crippen LogP contribution in [0.5, 0.6) is 0 Å². The summed E-state index contributed by atoms with van der Waals surface area (Å²) in [6, 6.07) is 12.2. The van der Waals surface area contributed by atoms with E-state index >= 15 is 0 Å². The minimum atomic E-state index is 0.644. The molecule has 3 heteroatoms. The van der Waals surface area contributed by atoms with E-state index in [0.29, 0.717) is 5.94 Å². The maximum Gasteiger partial charge on any atom is 0.0989 e. The molecule has 1 aromatic carbocycles. The van der Waals surface area contributed by atoms with Crippen molar-refractivity contribution in [2.75, 3.05) is 13.0 Å². The molecule has 0 radical (unpaired) electrons. The molecule has 0 atom stereocenters. The van der Waals surface area contributed by atoms with E-state index in [2.05, 4.69) is 17.1 Å². The number of fused-ring (bicyclic) bond motifs is 1. The first kappa shape index (κ1) is 9.49. The maximum absolute atomic E-state index is 4.98. The Labute approximate surface area is 87.3 Å². The molecule has 0 amide bonds. The minimum Gasteiger partial charge on any atom is -0.374 e. The predicted octanol–water partition coefficient (Wildman–Crippen LogP) is 2.93. The lowest BCUT2D eigenvalue weighted by molar-refractivity contribution is 0.258. The van der Waals surface area contributed by atoms with E-state index < -0.39 is 0 Å². The molecule has 14 heavy (non-hydrogen) atoms. The monoisotopic (exact) mass is 205 g/mol. The Morgan fingerprint density at radius 3 is 2.93 bits per heavy atom. The van der Waals surface area contributed by atoms with E-state index in [0.717, 1.165) is 10.5 Å². The summed E-state index contributed by atoms with van der Waals surface area (Å²) >= 11 is 1.60. The fraction of sp³-hybridized carbons (Fsp3) is 0.182. The van der Waals surface area contributed by atoms with Gasteiger partial charge in [0.1, 0.15) is 0 Å². The lowest BCUT2D eigenvalue weighted by atomic mass is 10.2. The number of hydrogen-bond donors (Lipinski definition) is 0. The summed E-state index contributed by atoms with van der Waals surface area (Å²) in [4.78, 5) is 4.50. The van der Waals surface area contributed by atoms with Gasteiger partial charge >= 0.3 is 0 Å². The standard InChI is InChI=1S/C11H11NOS/c1-13-8-14-11-7-6-9-4-2-3-5-10(9)12-11/h2-7H,8H2,1H3. The van der Waals surface area contributed by atoms with Gasteiger partial charge in [-0.3, -0.25) is 0 Å². The largest absolute Gasteiger partial charge is 0.374 e. The van der Waals surface area contributed by atoms with Crippen LogP contribution < -0.4 is 0 Å². The quantitative estimate of drug-likeness (QED) is 0.568. The van der Waals surface area contributed by atoms with Crippen LogP contribution in [0.3, 0.4) is 0 Å². The Balaban J connectivity index is 2.32. The molecule has 0 aliphatic rings. The van der Waals surface area contributed by atoms with Crippen LogP contribution in [0.25, 0.3) is 10.9 Å². The number of thioether (sulfide) groups is 1. The van der Waals surface area contributed by atoms with Gasteiger partial charge in [-0.2, -0.15) is 0 Å². The fourth-order valence-electron chi connectivity index (χ4n) is 1.25. The molecule has 1 aromatic heterocycles. The van der Waals surface area contributed by atoms with Gasteiger partial charge in [0.2, 0.25) is 0 Å². The summed E-state index contributed by atoms with van der Waals surface area (Å²) in [6.07, 6.45) is 0. The molecule has 72 valence electrons. The third-order valence-electron chi connectivity index (χ3n) is 1.90. The number of aromatic nitrogens is 1. The highest BCUT2D eigenvalue weighted by molar-refractivity contribution is 7.99. The average molecular weight is 205 g/mol. The molecule has 0 N–H and O–H groups in total. The molecular weight excluding hydrogens is 194 g/mol. The summed E-state index contributed by atoms with van der Waals surface area (Å²) in [5, 5.41) is 2.18. The van der Waals surface area contributed by atoms with Crippen molar-refractivity contribution in [2.24, 2.45) is 0 Å². The number of para-hydroxylation sites is 1. The van der Waals surface area contributed by atoms with E-state index in [4.69, 9.17) is 4.74 Å². The van der Waals surface area contributed by atoms with Crippen molar-refractivity contribution in [2.45, 2.75) is 5.03 Å². The van der Waals surface area contributed by atoms with Gasteiger partial charge in [0, 0.05) is 12.5 Å². The first-order chi connectivity index (χ1) is 6.90. The van der Waals surface area contributed by atoms with Gasteiger partial charge in [0.15, 0.2) is 0 Å². The Morgan fingerprint density at radius 1 is 1.21 bits per heavy atom. The lowest BCUT2D eigenvalue weighted by Crippen LogP contribution is -1.85. The van der Waals surface area contributed by atoms with E-state index in [1.165, 1.54) is 5.39 Å². The second-order valence-electron chi connectivity index (χ2n) is 2.89. The van der Waals surface area contributed by atoms with Crippen LogP contribution in [0.4, 0.5) is 0 Å². The van der Waals surface area contributed by atoms with Gasteiger partial charge < -0.3 is 4.74 Å². The first-order valence-corrected chi connectivity index (χ1v) is 5.36. The highest BCUT2D eigenvalue weighted by Gasteiger charge is 1.97. The zero-order valence-corrected chi connectivity index (χ0v) is 8.75. The Bertz CT molecular complexity index is 430. The maximum atomic E-state index is 4.98. The molecule has 1 heterocycles. The summed E-state index contributed by atoms with van der Waals surface area (Å²) in [5.74, 6) is 0.644. The fourth-order valence-corrected chi connectivity index (χ4v) is 1.81. The van der Waals surface area contributed by atoms with E-state index in [9.17, 15) is 0 Å². The molecule has 0 saturated heterocycles. The van der Waals surface area contributed by atoms with Crippen molar-refractivity contribution in [1.82, 2.24) is 4.98 Å². The number of benzene rings is 1. The van der Waals surface area contributed by atoms with Crippen LogP contribution in [0.1, 0.15) is 0 Å². The summed E-state index contributed by atoms with van der Waals surface area (Å²) < 4.78 is 4.98. The number of rotatable bonds is 3. The zero-order chi connectivity index (χ0) is 9.80. The molecule has 0 saturated carbocycles. The van der Waals surface area contributed by atoms with Crippen LogP contribution in [-0.4, -0.2) is 18.0 Å². The number of nitrogens with zero attached hydrogens (tertiary/aromatic N) is 1. The van der Waals surface area contributed by atoms with Gasteiger partial charge in [0.05, 0.1) is 16.5 Å². The number of ether oxygens (including phenoxy) is 1. The van der Waals surface area contributed by atoms with Gasteiger partial charge in [-0.1, -0.05) is 36.0 Å². The second-order valence-corrected chi connectivity index (χ2v) is 3.84. The van der Waals surface area contributed by atoms with Crippen LogP contribution >= 0.6 is 11.8 Å². The molecular formula is C11H11NOS. The molecule has 0 aliphatic heterocycles. The smallest absolute Gasteiger partial charge is 0.0989 e. The molecule has 0 fully saturated rings. The predicted molar refractivity (Wildman–Crippen MR) is 59.5 cm³/mol. The normalized spacial score (nSPS) is 10.6. The van der Waals surface area contributed by atoms with Gasteiger partial charge in [-0.25, -0.2) is 4.98 Å². The van der Waals surface area contributed by atoms with Crippen LogP contribution in [0, 0.1) is 0 Å². The highest BCUT2D eigenvalue weighted by Crippen LogP contribution is 2.19. The lowest BCUT2D eigenvalue weighted by Gasteiger charge is -2.01. The third-order valence-corrected chi connectivity index (χ3v) is 2.77. The topological polar surface area (TPSA) is 22.1 Å². The summed E-state index contributed by atoms with van der Waals surface area (Å²) in [7, 11) is 1.69. The Kier molecular flexibility index (Phi) is 3.01.